The van der Waals surface area contributed by atoms with Gasteiger partial charge in [-0.15, -0.1) is 23.7 Å². The Morgan fingerprint density at radius 3 is 2.77 bits per heavy atom. The number of aromatic nitrogens is 1. The van der Waals surface area contributed by atoms with Gasteiger partial charge in [0.1, 0.15) is 5.54 Å². The van der Waals surface area contributed by atoms with Crippen molar-refractivity contribution in [2.45, 2.75) is 77.4 Å². The van der Waals surface area contributed by atoms with Gasteiger partial charge in [-0.1, -0.05) is 13.8 Å². The molecule has 7 heteroatoms. The first kappa shape index (κ1) is 21.6. The number of halogens is 1. The van der Waals surface area contributed by atoms with Crippen molar-refractivity contribution in [1.29, 1.82) is 0 Å². The lowest BCUT2D eigenvalue weighted by atomic mass is 9.54. The van der Waals surface area contributed by atoms with E-state index in [1.54, 1.807) is 0 Å². The molecule has 2 aliphatic carbocycles. The fourth-order valence-electron chi connectivity index (χ4n) is 3.93. The number of aryl methyl sites for hydroxylation is 3. The van der Waals surface area contributed by atoms with Crippen molar-refractivity contribution < 1.29 is 9.53 Å². The Bertz CT molecular complexity index is 611. The third-order valence-electron chi connectivity index (χ3n) is 5.98. The van der Waals surface area contributed by atoms with E-state index >= 15 is 0 Å². The Hall–Kier alpha value is -0.690. The average Bonchev–Trinajstić information content (AvgIpc) is 3.00. The largest absolute Gasteiger partial charge is 0.378 e. The summed E-state index contributed by atoms with van der Waals surface area (Å²) in [7, 11) is 0. The van der Waals surface area contributed by atoms with Crippen LogP contribution in [0.1, 0.15) is 62.0 Å². The second-order valence-electron chi connectivity index (χ2n) is 7.89. The minimum atomic E-state index is -0.826. The van der Waals surface area contributed by atoms with Crippen molar-refractivity contribution in [2.24, 2.45) is 11.1 Å². The first-order chi connectivity index (χ1) is 11.9. The van der Waals surface area contributed by atoms with E-state index in [1.807, 2.05) is 32.1 Å². The quantitative estimate of drug-likeness (QED) is 0.688. The Kier molecular flexibility index (Phi) is 7.10. The molecule has 0 aromatic carbocycles. The number of rotatable bonds is 7. The monoisotopic (exact) mass is 401 g/mol. The summed E-state index contributed by atoms with van der Waals surface area (Å²) < 4.78 is 5.70. The van der Waals surface area contributed by atoms with E-state index < -0.39 is 5.54 Å². The van der Waals surface area contributed by atoms with Gasteiger partial charge in [0.25, 0.3) is 0 Å². The van der Waals surface area contributed by atoms with Crippen LogP contribution in [0.25, 0.3) is 0 Å². The summed E-state index contributed by atoms with van der Waals surface area (Å²) in [5.74, 6) is -0.0492. The Balaban J connectivity index is 0.00000243. The molecule has 3 rings (SSSR count). The molecule has 0 saturated heterocycles. The summed E-state index contributed by atoms with van der Waals surface area (Å²) in [6.07, 6.45) is 7.38. The summed E-state index contributed by atoms with van der Waals surface area (Å²) >= 11 is 1.86. The standard InChI is InChI=1S/C19H31N3O2S.ClH/c1-4-24-15-12-19(20,18(15,2)3)17(23)21-11-7-10-16-22-13-8-5-6-9-14(13)25-16;/h15H,4-12,20H2,1-3H3,(H,21,23);1H. The minimum Gasteiger partial charge on any atom is -0.378 e. The van der Waals surface area contributed by atoms with Crippen LogP contribution in [0.5, 0.6) is 0 Å². The molecule has 0 bridgehead atoms. The average molecular weight is 402 g/mol. The number of hydrogen-bond donors (Lipinski definition) is 2. The summed E-state index contributed by atoms with van der Waals surface area (Å²) in [5, 5.41) is 4.24. The molecule has 5 nitrogen and oxygen atoms in total. The van der Waals surface area contributed by atoms with Crippen molar-refractivity contribution in [3.05, 3.63) is 15.6 Å². The van der Waals surface area contributed by atoms with Crippen LogP contribution in [-0.2, 0) is 28.8 Å². The first-order valence-electron chi connectivity index (χ1n) is 9.54. The molecule has 1 saturated carbocycles. The van der Waals surface area contributed by atoms with Gasteiger partial charge in [-0.05, 0) is 39.0 Å². The molecule has 1 fully saturated rings. The van der Waals surface area contributed by atoms with Crippen LogP contribution in [0.2, 0.25) is 0 Å². The molecule has 1 amide bonds. The highest BCUT2D eigenvalue weighted by atomic mass is 35.5. The van der Waals surface area contributed by atoms with Crippen molar-refractivity contribution in [3.63, 3.8) is 0 Å². The smallest absolute Gasteiger partial charge is 0.240 e. The van der Waals surface area contributed by atoms with Crippen LogP contribution in [0.15, 0.2) is 0 Å². The van der Waals surface area contributed by atoms with Gasteiger partial charge in [0.05, 0.1) is 16.8 Å². The van der Waals surface area contributed by atoms with E-state index in [0.717, 1.165) is 19.3 Å². The van der Waals surface area contributed by atoms with Gasteiger partial charge >= 0.3 is 0 Å². The maximum absolute atomic E-state index is 12.6. The van der Waals surface area contributed by atoms with Crippen molar-refractivity contribution in [3.8, 4) is 0 Å². The topological polar surface area (TPSA) is 77.2 Å². The van der Waals surface area contributed by atoms with Crippen LogP contribution in [-0.4, -0.2) is 35.7 Å². The predicted octanol–water partition coefficient (Wildman–Crippen LogP) is 3.03. The third-order valence-corrected chi connectivity index (χ3v) is 7.20. The lowest BCUT2D eigenvalue weighted by molar-refractivity contribution is -0.170. The zero-order valence-corrected chi connectivity index (χ0v) is 17.7. The van der Waals surface area contributed by atoms with Crippen molar-refractivity contribution in [1.82, 2.24) is 10.3 Å². The molecule has 2 atom stereocenters. The number of nitrogens with two attached hydrogens (primary N) is 1. The number of amides is 1. The van der Waals surface area contributed by atoms with E-state index in [9.17, 15) is 4.79 Å². The van der Waals surface area contributed by atoms with E-state index in [-0.39, 0.29) is 29.8 Å². The molecule has 2 unspecified atom stereocenters. The molecule has 26 heavy (non-hydrogen) atoms. The van der Waals surface area contributed by atoms with Gasteiger partial charge in [-0.25, -0.2) is 4.98 Å². The van der Waals surface area contributed by atoms with Gasteiger partial charge in [0, 0.05) is 36.3 Å². The zero-order chi connectivity index (χ0) is 18.1. The van der Waals surface area contributed by atoms with Gasteiger partial charge in [-0.2, -0.15) is 0 Å². The molecule has 2 aliphatic rings. The van der Waals surface area contributed by atoms with E-state index in [4.69, 9.17) is 15.5 Å². The van der Waals surface area contributed by atoms with Crippen LogP contribution in [0.4, 0.5) is 0 Å². The fraction of sp³-hybridized carbons (Fsp3) is 0.789. The zero-order valence-electron chi connectivity index (χ0n) is 16.1. The maximum atomic E-state index is 12.6. The second kappa shape index (κ2) is 8.55. The first-order valence-corrected chi connectivity index (χ1v) is 10.4. The summed E-state index contributed by atoms with van der Waals surface area (Å²) in [6.45, 7) is 7.33. The molecule has 3 N–H and O–H groups in total. The number of carbonyl (C=O) groups excluding carboxylic acids is 1. The normalized spacial score (nSPS) is 26.4. The van der Waals surface area contributed by atoms with E-state index in [2.05, 4.69) is 5.32 Å². The van der Waals surface area contributed by atoms with Gasteiger partial charge < -0.3 is 15.8 Å². The number of hydrogen-bond acceptors (Lipinski definition) is 5. The molecule has 0 aliphatic heterocycles. The molecular formula is C19H32ClN3O2S. The highest BCUT2D eigenvalue weighted by Crippen LogP contribution is 2.49. The SMILES string of the molecule is CCOC1CC(N)(C(=O)NCCCc2nc3c(s2)CCCC3)C1(C)C.Cl. The van der Waals surface area contributed by atoms with Gasteiger partial charge in [-0.3, -0.25) is 4.79 Å². The summed E-state index contributed by atoms with van der Waals surface area (Å²) in [6, 6.07) is 0. The molecule has 1 aromatic heterocycles. The van der Waals surface area contributed by atoms with Crippen LogP contribution < -0.4 is 11.1 Å². The number of nitrogens with one attached hydrogen (secondary N) is 1. The van der Waals surface area contributed by atoms with Crippen molar-refractivity contribution in [2.75, 3.05) is 13.2 Å². The Labute approximate surface area is 166 Å². The summed E-state index contributed by atoms with van der Waals surface area (Å²) in [5.41, 5.74) is 6.56. The maximum Gasteiger partial charge on any atom is 0.240 e. The highest BCUT2D eigenvalue weighted by molar-refractivity contribution is 7.11. The number of nitrogens with zero attached hydrogens (tertiary/aromatic N) is 1. The van der Waals surface area contributed by atoms with Crippen molar-refractivity contribution >= 4 is 29.7 Å². The summed E-state index contributed by atoms with van der Waals surface area (Å²) in [4.78, 5) is 18.8. The molecule has 1 heterocycles. The fourth-order valence-corrected chi connectivity index (χ4v) is 5.13. The van der Waals surface area contributed by atoms with Gasteiger partial charge in [0.15, 0.2) is 0 Å². The highest BCUT2D eigenvalue weighted by Gasteiger charge is 2.62. The number of fused-ring (bicyclic) bond motifs is 1. The third kappa shape index (κ3) is 3.93. The second-order valence-corrected chi connectivity index (χ2v) is 9.05. The Morgan fingerprint density at radius 1 is 1.38 bits per heavy atom. The lowest BCUT2D eigenvalue weighted by Crippen LogP contribution is -2.75. The number of ether oxygens (including phenoxy) is 1. The molecule has 148 valence electrons. The predicted molar refractivity (Wildman–Crippen MR) is 108 cm³/mol. The number of carbonyl (C=O) groups is 1. The van der Waals surface area contributed by atoms with Gasteiger partial charge in [0.2, 0.25) is 5.91 Å². The molecule has 0 radical (unpaired) electrons. The van der Waals surface area contributed by atoms with Crippen LogP contribution in [0, 0.1) is 5.41 Å². The molecular weight excluding hydrogens is 370 g/mol. The van der Waals surface area contributed by atoms with Crippen LogP contribution in [0.3, 0.4) is 0 Å². The van der Waals surface area contributed by atoms with E-state index in [0.29, 0.717) is 19.6 Å². The Morgan fingerprint density at radius 2 is 2.12 bits per heavy atom. The van der Waals surface area contributed by atoms with E-state index in [1.165, 1.54) is 34.8 Å². The molecule has 1 aromatic rings. The van der Waals surface area contributed by atoms with Crippen LogP contribution >= 0.6 is 23.7 Å². The molecule has 0 spiro atoms. The number of thiazole rings is 1. The lowest BCUT2D eigenvalue weighted by Gasteiger charge is -2.57. The minimum absolute atomic E-state index is 0.